The molecule has 0 N–H and O–H groups in total. The smallest absolute Gasteiger partial charge is 0.0541 e. The molecule has 0 unspecified atom stereocenters. The molecule has 71 heavy (non-hydrogen) atoms. The zero-order chi connectivity index (χ0) is 48.2. The van der Waals surface area contributed by atoms with Crippen LogP contribution in [0.15, 0.2) is 243 Å². The average Bonchev–Trinajstić information content (AvgIpc) is 3.75. The SMILES string of the molecule is C/C=C(/C)c1ccc2c(-c3ccc(-c4ccc(-c5ccccc5)cc4)cc3)c3cc(C(C)(C)C)ccc3c(-c3ccc(-c4ccc5c(c4)c4cc(-c6ccccc6)ccc4n5-c4ccccc4)cc3)c2c1. The largest absolute Gasteiger partial charge is 0.309 e. The van der Waals surface area contributed by atoms with Crippen LogP contribution in [0.5, 0.6) is 0 Å². The molecule has 0 radical (unpaired) electrons. The van der Waals surface area contributed by atoms with E-state index in [9.17, 15) is 0 Å². The van der Waals surface area contributed by atoms with E-state index in [1.807, 2.05) is 0 Å². The van der Waals surface area contributed by atoms with Crippen LogP contribution in [0.2, 0.25) is 0 Å². The van der Waals surface area contributed by atoms with Crippen LogP contribution >= 0.6 is 0 Å². The molecule has 1 nitrogen and oxygen atoms in total. The number of nitrogens with zero attached hydrogens (tertiary/aromatic N) is 1. The van der Waals surface area contributed by atoms with Gasteiger partial charge in [-0.05, 0) is 173 Å². The number of benzene rings is 11. The van der Waals surface area contributed by atoms with Crippen molar-refractivity contribution in [3.8, 4) is 72.4 Å². The van der Waals surface area contributed by atoms with Crippen molar-refractivity contribution in [2.75, 3.05) is 0 Å². The number of aromatic nitrogens is 1. The third kappa shape index (κ3) is 7.94. The Labute approximate surface area is 417 Å². The standard InChI is InChI=1S/C70H55N/c1-6-46(2)55-34-38-60-64(42-55)68(61-39-37-58(70(3,4)5)45-65(61)69(60)54-30-26-51(27-31-54)50-24-22-49(23-25-50)47-16-10-7-11-17-47)53-32-28-52(29-33-53)57-36-41-67-63(44-57)62-43-56(48-18-12-8-13-19-48)35-40-66(62)71(67)59-20-14-9-15-21-59/h6-45H,1-5H3/b46-6-. The lowest BCUT2D eigenvalue weighted by Gasteiger charge is -2.23. The van der Waals surface area contributed by atoms with E-state index in [-0.39, 0.29) is 5.41 Å². The maximum atomic E-state index is 2.47. The Bertz CT molecular complexity index is 3960. The van der Waals surface area contributed by atoms with Crippen molar-refractivity contribution in [1.82, 2.24) is 4.57 Å². The highest BCUT2D eigenvalue weighted by molar-refractivity contribution is 6.22. The summed E-state index contributed by atoms with van der Waals surface area (Å²) in [4.78, 5) is 0. The van der Waals surface area contributed by atoms with E-state index in [0.717, 1.165) is 5.69 Å². The van der Waals surface area contributed by atoms with E-state index >= 15 is 0 Å². The van der Waals surface area contributed by atoms with E-state index in [0.29, 0.717) is 0 Å². The highest BCUT2D eigenvalue weighted by Gasteiger charge is 2.22. The summed E-state index contributed by atoms with van der Waals surface area (Å²) in [6, 6.07) is 87.8. The Hall–Kier alpha value is -8.52. The quantitative estimate of drug-likeness (QED) is 0.134. The second-order valence-corrected chi connectivity index (χ2v) is 20.1. The summed E-state index contributed by atoms with van der Waals surface area (Å²) in [6.45, 7) is 11.3. The number of fused-ring (bicyclic) bond motifs is 5. The third-order valence-electron chi connectivity index (χ3n) is 14.8. The van der Waals surface area contributed by atoms with Gasteiger partial charge in [-0.15, -0.1) is 0 Å². The van der Waals surface area contributed by atoms with Crippen LogP contribution in [0.3, 0.4) is 0 Å². The van der Waals surface area contributed by atoms with E-state index in [1.165, 1.54) is 127 Å². The summed E-state index contributed by atoms with van der Waals surface area (Å²) in [6.07, 6.45) is 2.22. The molecule has 0 amide bonds. The predicted molar refractivity (Wildman–Crippen MR) is 306 cm³/mol. The minimum absolute atomic E-state index is 0.0253. The summed E-state index contributed by atoms with van der Waals surface area (Å²) < 4.78 is 2.40. The molecule has 11 aromatic carbocycles. The highest BCUT2D eigenvalue weighted by atomic mass is 15.0. The van der Waals surface area contributed by atoms with Crippen LogP contribution < -0.4 is 0 Å². The van der Waals surface area contributed by atoms with Gasteiger partial charge in [-0.25, -0.2) is 0 Å². The maximum absolute atomic E-state index is 2.47. The van der Waals surface area contributed by atoms with Gasteiger partial charge in [0.05, 0.1) is 11.0 Å². The van der Waals surface area contributed by atoms with E-state index < -0.39 is 0 Å². The van der Waals surface area contributed by atoms with Gasteiger partial charge in [0.25, 0.3) is 0 Å². The van der Waals surface area contributed by atoms with Gasteiger partial charge < -0.3 is 4.57 Å². The lowest BCUT2D eigenvalue weighted by Crippen LogP contribution is -2.10. The van der Waals surface area contributed by atoms with Gasteiger partial charge in [0.15, 0.2) is 0 Å². The third-order valence-corrected chi connectivity index (χ3v) is 14.8. The molecule has 1 heteroatoms. The Kier molecular flexibility index (Phi) is 11.0. The van der Waals surface area contributed by atoms with Crippen molar-refractivity contribution in [3.05, 3.63) is 254 Å². The minimum atomic E-state index is -0.0253. The zero-order valence-electron chi connectivity index (χ0n) is 41.0. The molecule has 340 valence electrons. The molecule has 12 aromatic rings. The van der Waals surface area contributed by atoms with Gasteiger partial charge in [-0.1, -0.05) is 215 Å². The van der Waals surface area contributed by atoms with Crippen LogP contribution in [0.25, 0.3) is 121 Å². The Morgan fingerprint density at radius 3 is 1.18 bits per heavy atom. The fourth-order valence-corrected chi connectivity index (χ4v) is 10.7. The maximum Gasteiger partial charge on any atom is 0.0541 e. The second kappa shape index (κ2) is 17.8. The monoisotopic (exact) mass is 909 g/mol. The summed E-state index contributed by atoms with van der Waals surface area (Å²) >= 11 is 0. The normalized spacial score (nSPS) is 12.1. The zero-order valence-corrected chi connectivity index (χ0v) is 41.0. The molecule has 0 fully saturated rings. The molecule has 1 aromatic heterocycles. The van der Waals surface area contributed by atoms with Crippen LogP contribution in [0.1, 0.15) is 45.7 Å². The summed E-state index contributed by atoms with van der Waals surface area (Å²) in [5.74, 6) is 0. The Balaban J connectivity index is 1.00. The van der Waals surface area contributed by atoms with E-state index in [4.69, 9.17) is 0 Å². The molecular formula is C70H55N. The summed E-state index contributed by atoms with van der Waals surface area (Å²) in [7, 11) is 0. The molecule has 0 aliphatic rings. The summed E-state index contributed by atoms with van der Waals surface area (Å²) in [5.41, 5.74) is 22.0. The van der Waals surface area contributed by atoms with E-state index in [2.05, 4.69) is 282 Å². The van der Waals surface area contributed by atoms with Crippen LogP contribution in [0, 0.1) is 0 Å². The van der Waals surface area contributed by atoms with Crippen LogP contribution in [-0.4, -0.2) is 4.57 Å². The lowest BCUT2D eigenvalue weighted by molar-refractivity contribution is 0.591. The number of hydrogen-bond acceptors (Lipinski definition) is 0. The Morgan fingerprint density at radius 2 is 0.718 bits per heavy atom. The van der Waals surface area contributed by atoms with Crippen molar-refractivity contribution in [3.63, 3.8) is 0 Å². The van der Waals surface area contributed by atoms with Gasteiger partial charge >= 0.3 is 0 Å². The molecule has 0 bridgehead atoms. The van der Waals surface area contributed by atoms with Crippen molar-refractivity contribution in [2.45, 2.75) is 40.0 Å². The molecule has 0 saturated carbocycles. The molecule has 1 heterocycles. The average molecular weight is 910 g/mol. The lowest BCUT2D eigenvalue weighted by atomic mass is 9.80. The first-order valence-corrected chi connectivity index (χ1v) is 24.9. The predicted octanol–water partition coefficient (Wildman–Crippen LogP) is 19.8. The van der Waals surface area contributed by atoms with Gasteiger partial charge in [-0.2, -0.15) is 0 Å². The molecule has 0 atom stereocenters. The minimum Gasteiger partial charge on any atom is -0.309 e. The molecular weight excluding hydrogens is 855 g/mol. The number of para-hydroxylation sites is 1. The first-order chi connectivity index (χ1) is 34.7. The topological polar surface area (TPSA) is 4.93 Å². The van der Waals surface area contributed by atoms with Crippen LogP contribution in [0.4, 0.5) is 0 Å². The molecule has 12 rings (SSSR count). The first kappa shape index (κ1) is 43.7. The number of hydrogen-bond donors (Lipinski definition) is 0. The first-order valence-electron chi connectivity index (χ1n) is 24.9. The van der Waals surface area contributed by atoms with Crippen molar-refractivity contribution in [1.29, 1.82) is 0 Å². The fraction of sp³-hybridized carbons (Fsp3) is 0.0857. The van der Waals surface area contributed by atoms with Crippen LogP contribution in [-0.2, 0) is 5.41 Å². The highest BCUT2D eigenvalue weighted by Crippen LogP contribution is 2.47. The van der Waals surface area contributed by atoms with Gasteiger partial charge in [-0.3, -0.25) is 0 Å². The number of allylic oxidation sites excluding steroid dienone is 2. The van der Waals surface area contributed by atoms with Gasteiger partial charge in [0.2, 0.25) is 0 Å². The fourth-order valence-electron chi connectivity index (χ4n) is 10.7. The summed E-state index contributed by atoms with van der Waals surface area (Å²) in [5, 5.41) is 7.53. The Morgan fingerprint density at radius 1 is 0.338 bits per heavy atom. The molecule has 0 aliphatic carbocycles. The molecule has 0 aliphatic heterocycles. The van der Waals surface area contributed by atoms with Crippen molar-refractivity contribution in [2.24, 2.45) is 0 Å². The van der Waals surface area contributed by atoms with Crippen molar-refractivity contribution < 1.29 is 0 Å². The van der Waals surface area contributed by atoms with Crippen molar-refractivity contribution >= 4 is 48.9 Å². The van der Waals surface area contributed by atoms with Gasteiger partial charge in [0.1, 0.15) is 0 Å². The molecule has 0 saturated heterocycles. The van der Waals surface area contributed by atoms with E-state index in [1.54, 1.807) is 0 Å². The van der Waals surface area contributed by atoms with Gasteiger partial charge in [0, 0.05) is 16.5 Å². The molecule has 0 spiro atoms. The number of rotatable bonds is 8. The second-order valence-electron chi connectivity index (χ2n) is 20.1.